The molecule has 2 rings (SSSR count). The van der Waals surface area contributed by atoms with E-state index in [9.17, 15) is 63.3 Å². The molecule has 0 unspecified atom stereocenters. The van der Waals surface area contributed by atoms with Crippen LogP contribution in [0.2, 0.25) is 0 Å². The zero-order chi connectivity index (χ0) is 27.4. The molecular weight excluding hydrogens is 523 g/mol. The van der Waals surface area contributed by atoms with Crippen molar-refractivity contribution < 1.29 is 52.9 Å². The van der Waals surface area contributed by atoms with Crippen LogP contribution in [0.3, 0.4) is 0 Å². The van der Waals surface area contributed by atoms with Gasteiger partial charge in [0.2, 0.25) is 9.84 Å². The molecule has 0 fully saturated rings. The van der Waals surface area contributed by atoms with Gasteiger partial charge in [0.05, 0.1) is 11.0 Å². The Kier molecular flexibility index (Phi) is 6.81. The quantitative estimate of drug-likeness (QED) is 0.194. The van der Waals surface area contributed by atoms with Gasteiger partial charge in [0.15, 0.2) is 4.75 Å². The van der Waals surface area contributed by atoms with E-state index in [4.69, 9.17) is 0 Å². The summed E-state index contributed by atoms with van der Waals surface area (Å²) < 4.78 is 144. The van der Waals surface area contributed by atoms with Gasteiger partial charge in [-0.25, -0.2) is 8.42 Å². The van der Waals surface area contributed by atoms with Crippen LogP contribution in [0.15, 0.2) is 35.4 Å². The van der Waals surface area contributed by atoms with Crippen molar-refractivity contribution in [3.05, 3.63) is 51.1 Å². The predicted octanol–water partition coefficient (Wildman–Crippen LogP) is 5.91. The number of alkyl halides is 9. The second-order valence-electron chi connectivity index (χ2n) is 8.01. The van der Waals surface area contributed by atoms with E-state index in [-0.39, 0.29) is 11.1 Å². The van der Waals surface area contributed by atoms with Crippen molar-refractivity contribution in [2.75, 3.05) is 0 Å². The van der Waals surface area contributed by atoms with Gasteiger partial charge in [0, 0.05) is 24.5 Å². The third-order valence-electron chi connectivity index (χ3n) is 5.96. The fraction of sp³-hybridized carbons (Fsp3) is 0.526. The molecular formula is C19H15F9N2O4S. The van der Waals surface area contributed by atoms with Crippen LogP contribution in [-0.2, 0) is 9.84 Å². The first kappa shape index (κ1) is 28.4. The van der Waals surface area contributed by atoms with E-state index < -0.39 is 67.2 Å². The highest BCUT2D eigenvalue weighted by Gasteiger charge is 2.87. The van der Waals surface area contributed by atoms with E-state index in [0.717, 1.165) is 37.3 Å². The van der Waals surface area contributed by atoms with Gasteiger partial charge >= 0.3 is 23.3 Å². The average molecular weight is 538 g/mol. The summed E-state index contributed by atoms with van der Waals surface area (Å²) in [7, 11) is -7.15. The number of halogens is 9. The minimum atomic E-state index is -7.49. The van der Waals surface area contributed by atoms with Crippen LogP contribution in [0, 0.1) is 21.4 Å². The minimum absolute atomic E-state index is 0.0741. The van der Waals surface area contributed by atoms with Crippen molar-refractivity contribution in [2.45, 2.75) is 60.6 Å². The maximum atomic E-state index is 14.7. The molecule has 6 nitrogen and oxygen atoms in total. The smallest absolute Gasteiger partial charge is 0.258 e. The number of allylic oxidation sites excluding steroid dienone is 2. The van der Waals surface area contributed by atoms with E-state index >= 15 is 0 Å². The van der Waals surface area contributed by atoms with Crippen molar-refractivity contribution in [1.29, 1.82) is 5.26 Å². The molecule has 0 aliphatic heterocycles. The lowest BCUT2D eigenvalue weighted by Gasteiger charge is -2.43. The minimum Gasteiger partial charge on any atom is -0.258 e. The molecule has 0 spiro atoms. The van der Waals surface area contributed by atoms with Gasteiger partial charge < -0.3 is 0 Å². The zero-order valence-electron chi connectivity index (χ0n) is 17.6. The Hall–Kier alpha value is -2.83. The van der Waals surface area contributed by atoms with Crippen LogP contribution in [-0.4, -0.2) is 41.4 Å². The number of hydrogen-bond donors (Lipinski definition) is 0. The molecule has 0 aromatic heterocycles. The summed E-state index contributed by atoms with van der Waals surface area (Å²) in [5, 5.41) is 13.5. The lowest BCUT2D eigenvalue weighted by Crippen LogP contribution is -2.67. The van der Waals surface area contributed by atoms with Crippen LogP contribution >= 0.6 is 0 Å². The van der Waals surface area contributed by atoms with Gasteiger partial charge in [0.25, 0.3) is 5.69 Å². The van der Waals surface area contributed by atoms with Crippen LogP contribution in [0.1, 0.15) is 38.2 Å². The second-order valence-corrected chi connectivity index (χ2v) is 10.3. The molecule has 2 atom stereocenters. The molecule has 0 saturated heterocycles. The van der Waals surface area contributed by atoms with Crippen molar-refractivity contribution in [2.24, 2.45) is 0 Å². The molecule has 194 valence electrons. The van der Waals surface area contributed by atoms with Crippen LogP contribution in [0.25, 0.3) is 0 Å². The molecule has 1 aromatic rings. The summed E-state index contributed by atoms with van der Waals surface area (Å²) in [5.41, 5.74) is -0.686. The molecule has 1 aliphatic carbocycles. The number of sulfone groups is 1. The van der Waals surface area contributed by atoms with E-state index in [1.54, 1.807) is 0 Å². The summed E-state index contributed by atoms with van der Waals surface area (Å²) in [5.74, 6) is -16.9. The zero-order valence-corrected chi connectivity index (χ0v) is 18.5. The fourth-order valence-electron chi connectivity index (χ4n) is 3.75. The molecule has 0 heterocycles. The fourth-order valence-corrected chi connectivity index (χ4v) is 5.79. The highest BCUT2D eigenvalue weighted by Crippen LogP contribution is 2.59. The molecule has 0 saturated carbocycles. The van der Waals surface area contributed by atoms with Gasteiger partial charge in [-0.2, -0.15) is 44.8 Å². The first-order chi connectivity index (χ1) is 15.6. The van der Waals surface area contributed by atoms with Gasteiger partial charge in [-0.3, -0.25) is 10.1 Å². The maximum absolute atomic E-state index is 14.7. The lowest BCUT2D eigenvalue weighted by atomic mass is 9.73. The summed E-state index contributed by atoms with van der Waals surface area (Å²) in [6.07, 6.45) is -9.05. The van der Waals surface area contributed by atoms with Crippen molar-refractivity contribution in [1.82, 2.24) is 0 Å². The van der Waals surface area contributed by atoms with Gasteiger partial charge in [-0.1, -0.05) is 23.3 Å². The van der Waals surface area contributed by atoms with Gasteiger partial charge in [-0.05, 0) is 25.8 Å². The Bertz CT molecular complexity index is 1200. The number of hydrogen-bond acceptors (Lipinski definition) is 5. The van der Waals surface area contributed by atoms with E-state index in [1.807, 2.05) is 0 Å². The standard InChI is InChI=1S/C19H15F9N2O4S/c1-10-7-14(12-3-5-13(6-4-12)30(31)32)15(9-29,8-11(10)2)35(33,34)19(27,28)17(22,23)16(20,21)18(24,25)26/h3-6,14H,7-8H2,1-2H3/t14-,15-/m1/s1. The lowest BCUT2D eigenvalue weighted by molar-refractivity contribution is -0.384. The van der Waals surface area contributed by atoms with Crippen molar-refractivity contribution in [3.8, 4) is 6.07 Å². The number of benzene rings is 1. The topological polar surface area (TPSA) is 101 Å². The molecule has 0 N–H and O–H groups in total. The van der Waals surface area contributed by atoms with E-state index in [2.05, 4.69) is 0 Å². The molecule has 0 amide bonds. The van der Waals surface area contributed by atoms with Gasteiger partial charge in [-0.15, -0.1) is 0 Å². The summed E-state index contributed by atoms with van der Waals surface area (Å²) in [6, 6.07) is 4.23. The highest BCUT2D eigenvalue weighted by molar-refractivity contribution is 7.94. The number of nitrogens with zero attached hydrogens (tertiary/aromatic N) is 2. The van der Waals surface area contributed by atoms with Crippen molar-refractivity contribution >= 4 is 15.5 Å². The molecule has 1 aromatic carbocycles. The first-order valence-corrected chi connectivity index (χ1v) is 10.9. The number of nitro benzene ring substituents is 1. The normalized spacial score (nSPS) is 22.6. The first-order valence-electron chi connectivity index (χ1n) is 9.37. The molecule has 35 heavy (non-hydrogen) atoms. The Morgan fingerprint density at radius 2 is 1.46 bits per heavy atom. The molecule has 0 radical (unpaired) electrons. The monoisotopic (exact) mass is 538 g/mol. The Labute approximate surface area is 192 Å². The van der Waals surface area contributed by atoms with Crippen LogP contribution in [0.5, 0.6) is 0 Å². The largest absolute Gasteiger partial charge is 0.460 e. The molecule has 0 bridgehead atoms. The maximum Gasteiger partial charge on any atom is 0.460 e. The van der Waals surface area contributed by atoms with E-state index in [1.165, 1.54) is 6.92 Å². The van der Waals surface area contributed by atoms with Crippen LogP contribution in [0.4, 0.5) is 45.2 Å². The van der Waals surface area contributed by atoms with E-state index in [0.29, 0.717) is 5.57 Å². The third-order valence-corrected chi connectivity index (χ3v) is 8.37. The number of non-ortho nitro benzene ring substituents is 1. The van der Waals surface area contributed by atoms with Crippen molar-refractivity contribution in [3.63, 3.8) is 0 Å². The molecule has 16 heteroatoms. The Morgan fingerprint density at radius 1 is 0.971 bits per heavy atom. The Balaban J connectivity index is 2.84. The third kappa shape index (κ3) is 3.93. The second kappa shape index (κ2) is 8.38. The SMILES string of the molecule is CC1=C(C)C[C@](C#N)(S(=O)(=O)C(F)(F)C(F)(F)C(F)(F)C(F)(F)F)[C@@H](c2ccc([N+](=O)[O-])cc2)C1. The molecule has 1 aliphatic rings. The summed E-state index contributed by atoms with van der Waals surface area (Å²) in [4.78, 5) is 9.96. The summed E-state index contributed by atoms with van der Waals surface area (Å²) in [6.45, 7) is 2.51. The predicted molar refractivity (Wildman–Crippen MR) is 102 cm³/mol. The summed E-state index contributed by atoms with van der Waals surface area (Å²) >= 11 is 0. The number of nitro groups is 1. The number of nitriles is 1. The van der Waals surface area contributed by atoms with Crippen LogP contribution < -0.4 is 0 Å². The van der Waals surface area contributed by atoms with Gasteiger partial charge in [0.1, 0.15) is 0 Å². The number of rotatable bonds is 6. The Morgan fingerprint density at radius 3 is 1.86 bits per heavy atom. The average Bonchev–Trinajstić information content (AvgIpc) is 2.74. The highest BCUT2D eigenvalue weighted by atomic mass is 32.2.